The molecule has 0 aliphatic carbocycles. The largest absolute Gasteiger partial charge is 0.460 e. The van der Waals surface area contributed by atoms with Gasteiger partial charge >= 0.3 is 13.6 Å². The van der Waals surface area contributed by atoms with E-state index in [4.69, 9.17) is 4.74 Å². The summed E-state index contributed by atoms with van der Waals surface area (Å²) in [7, 11) is -0.832. The molecule has 0 unspecified atom stereocenters. The van der Waals surface area contributed by atoms with Crippen LogP contribution in [0.2, 0.25) is 0 Å². The van der Waals surface area contributed by atoms with Crippen LogP contribution in [0, 0.1) is 0 Å². The van der Waals surface area contributed by atoms with E-state index in [9.17, 15) is 14.2 Å². The number of ether oxygens (including phenoxy) is 1. The Kier molecular flexibility index (Phi) is 7.49. The molecule has 0 N–H and O–H groups in total. The van der Waals surface area contributed by atoms with Crippen LogP contribution in [0.5, 0.6) is 0 Å². The maximum absolute atomic E-state index is 11.7. The third-order valence-corrected chi connectivity index (χ3v) is 4.04. The molecule has 7 heteroatoms. The molecule has 0 saturated carbocycles. The van der Waals surface area contributed by atoms with Crippen LogP contribution in [0.1, 0.15) is 40.0 Å². The maximum Gasteiger partial charge on any atom is 0.337 e. The van der Waals surface area contributed by atoms with Crippen LogP contribution in [0.15, 0.2) is 0 Å². The summed E-state index contributed by atoms with van der Waals surface area (Å²) in [5, 5.41) is 0. The Balaban J connectivity index is 3.99. The molecule has 0 fully saturated rings. The zero-order valence-electron chi connectivity index (χ0n) is 12.2. The third kappa shape index (κ3) is 8.92. The molecule has 0 atom stereocenters. The van der Waals surface area contributed by atoms with Crippen molar-refractivity contribution in [2.45, 2.75) is 45.6 Å². The molecule has 19 heavy (non-hydrogen) atoms. The lowest BCUT2D eigenvalue weighted by Gasteiger charge is -2.19. The van der Waals surface area contributed by atoms with Gasteiger partial charge in [0.25, 0.3) is 0 Å². The van der Waals surface area contributed by atoms with Gasteiger partial charge in [0.2, 0.25) is 0 Å². The molecule has 0 aromatic carbocycles. The molecule has 0 radical (unpaired) electrons. The number of rotatable bonds is 8. The van der Waals surface area contributed by atoms with Crippen molar-refractivity contribution in [3.8, 4) is 0 Å². The summed E-state index contributed by atoms with van der Waals surface area (Å²) < 4.78 is 26.1. The van der Waals surface area contributed by atoms with Crippen LogP contribution >= 0.6 is 7.60 Å². The second-order valence-electron chi connectivity index (χ2n) is 5.11. The molecule has 0 heterocycles. The van der Waals surface area contributed by atoms with Crippen molar-refractivity contribution in [2.24, 2.45) is 0 Å². The SMILES string of the molecule is COP(=O)(CC(=O)CCCC(=O)OC(C)(C)C)OC. The van der Waals surface area contributed by atoms with E-state index in [0.717, 1.165) is 0 Å². The zero-order valence-corrected chi connectivity index (χ0v) is 13.1. The minimum atomic E-state index is -3.30. The van der Waals surface area contributed by atoms with Crippen molar-refractivity contribution in [1.82, 2.24) is 0 Å². The maximum atomic E-state index is 11.7. The lowest BCUT2D eigenvalue weighted by molar-refractivity contribution is -0.154. The monoisotopic (exact) mass is 294 g/mol. The summed E-state index contributed by atoms with van der Waals surface area (Å²) >= 11 is 0. The van der Waals surface area contributed by atoms with Gasteiger partial charge in [-0.15, -0.1) is 0 Å². The molecule has 0 aliphatic rings. The zero-order chi connectivity index (χ0) is 15.1. The van der Waals surface area contributed by atoms with Gasteiger partial charge in [-0.25, -0.2) is 0 Å². The van der Waals surface area contributed by atoms with E-state index in [2.05, 4.69) is 9.05 Å². The van der Waals surface area contributed by atoms with E-state index in [0.29, 0.717) is 6.42 Å². The summed E-state index contributed by atoms with van der Waals surface area (Å²) in [6.45, 7) is 5.34. The summed E-state index contributed by atoms with van der Waals surface area (Å²) in [6.07, 6.45) is 0.402. The second kappa shape index (κ2) is 7.78. The molecule has 0 spiro atoms. The fraction of sp³-hybridized carbons (Fsp3) is 0.833. The molecule has 0 aromatic heterocycles. The van der Waals surface area contributed by atoms with Gasteiger partial charge < -0.3 is 13.8 Å². The first-order valence-electron chi connectivity index (χ1n) is 6.06. The quantitative estimate of drug-likeness (QED) is 0.505. The van der Waals surface area contributed by atoms with E-state index in [1.165, 1.54) is 14.2 Å². The summed E-state index contributed by atoms with van der Waals surface area (Å²) in [5.74, 6) is -0.599. The van der Waals surface area contributed by atoms with Crippen LogP contribution in [-0.4, -0.2) is 37.7 Å². The third-order valence-electron chi connectivity index (χ3n) is 2.18. The molecule has 0 aliphatic heterocycles. The van der Waals surface area contributed by atoms with Crippen molar-refractivity contribution in [3.05, 3.63) is 0 Å². The number of carbonyl (C=O) groups excluding carboxylic acids is 2. The normalized spacial score (nSPS) is 12.3. The molecule has 0 aromatic rings. The van der Waals surface area contributed by atoms with Crippen LogP contribution in [0.25, 0.3) is 0 Å². The van der Waals surface area contributed by atoms with Crippen LogP contribution in [-0.2, 0) is 27.9 Å². The number of carbonyl (C=O) groups is 2. The van der Waals surface area contributed by atoms with E-state index in [-0.39, 0.29) is 30.8 Å². The predicted octanol–water partition coefficient (Wildman–Crippen LogP) is 2.55. The van der Waals surface area contributed by atoms with E-state index < -0.39 is 13.2 Å². The average molecular weight is 294 g/mol. The Bertz CT molecular complexity index is 350. The fourth-order valence-corrected chi connectivity index (χ4v) is 2.32. The molecule has 0 bridgehead atoms. The minimum Gasteiger partial charge on any atom is -0.460 e. The van der Waals surface area contributed by atoms with E-state index >= 15 is 0 Å². The van der Waals surface area contributed by atoms with Crippen LogP contribution < -0.4 is 0 Å². The number of Topliss-reactive ketones (excluding diaryl/α,β-unsaturated/α-hetero) is 1. The van der Waals surface area contributed by atoms with Gasteiger partial charge in [0.15, 0.2) is 0 Å². The number of ketones is 1. The second-order valence-corrected chi connectivity index (χ2v) is 7.38. The van der Waals surface area contributed by atoms with Crippen molar-refractivity contribution < 1.29 is 27.9 Å². The van der Waals surface area contributed by atoms with Crippen molar-refractivity contribution in [1.29, 1.82) is 0 Å². The van der Waals surface area contributed by atoms with Gasteiger partial charge in [-0.3, -0.25) is 14.2 Å². The highest BCUT2D eigenvalue weighted by Crippen LogP contribution is 2.46. The van der Waals surface area contributed by atoms with E-state index in [1.807, 2.05) is 0 Å². The van der Waals surface area contributed by atoms with Crippen molar-refractivity contribution in [2.75, 3.05) is 20.4 Å². The average Bonchev–Trinajstić information content (AvgIpc) is 2.26. The van der Waals surface area contributed by atoms with Crippen molar-refractivity contribution >= 4 is 19.3 Å². The van der Waals surface area contributed by atoms with Gasteiger partial charge in [-0.2, -0.15) is 0 Å². The Labute approximate surface area is 114 Å². The highest BCUT2D eigenvalue weighted by Gasteiger charge is 2.25. The number of esters is 1. The van der Waals surface area contributed by atoms with Crippen LogP contribution in [0.4, 0.5) is 0 Å². The molecule has 0 amide bonds. The molecule has 6 nitrogen and oxygen atoms in total. The Hall–Kier alpha value is -0.710. The lowest BCUT2D eigenvalue weighted by Crippen LogP contribution is -2.23. The highest BCUT2D eigenvalue weighted by molar-refractivity contribution is 7.54. The number of hydrogen-bond acceptors (Lipinski definition) is 6. The number of hydrogen-bond donors (Lipinski definition) is 0. The Morgan fingerprint density at radius 2 is 1.58 bits per heavy atom. The summed E-state index contributed by atoms with van der Waals surface area (Å²) in [6, 6.07) is 0. The Morgan fingerprint density at radius 3 is 2.00 bits per heavy atom. The molecule has 0 rings (SSSR count). The molecule has 0 saturated heterocycles. The van der Waals surface area contributed by atoms with Gasteiger partial charge in [-0.1, -0.05) is 0 Å². The van der Waals surface area contributed by atoms with Crippen molar-refractivity contribution in [3.63, 3.8) is 0 Å². The van der Waals surface area contributed by atoms with Gasteiger partial charge in [0.05, 0.1) is 0 Å². The van der Waals surface area contributed by atoms with Crippen LogP contribution in [0.3, 0.4) is 0 Å². The first-order chi connectivity index (χ1) is 8.62. The molecular formula is C12H23O6P. The standard InChI is InChI=1S/C12H23O6P/c1-12(2,3)18-11(14)8-6-7-10(13)9-19(15,16-4)17-5/h6-9H2,1-5H3. The lowest BCUT2D eigenvalue weighted by atomic mass is 10.1. The fourth-order valence-electron chi connectivity index (χ4n) is 1.32. The van der Waals surface area contributed by atoms with Gasteiger partial charge in [-0.05, 0) is 27.2 Å². The Morgan fingerprint density at radius 1 is 1.05 bits per heavy atom. The predicted molar refractivity (Wildman–Crippen MR) is 71.2 cm³/mol. The summed E-state index contributed by atoms with van der Waals surface area (Å²) in [4.78, 5) is 23.0. The smallest absolute Gasteiger partial charge is 0.337 e. The first kappa shape index (κ1) is 18.3. The van der Waals surface area contributed by atoms with Gasteiger partial charge in [0, 0.05) is 27.1 Å². The minimum absolute atomic E-state index is 0.149. The first-order valence-corrected chi connectivity index (χ1v) is 7.79. The molecular weight excluding hydrogens is 271 g/mol. The molecule has 112 valence electrons. The summed E-state index contributed by atoms with van der Waals surface area (Å²) in [5.41, 5.74) is -0.525. The van der Waals surface area contributed by atoms with E-state index in [1.54, 1.807) is 20.8 Å². The van der Waals surface area contributed by atoms with Gasteiger partial charge in [0.1, 0.15) is 17.5 Å². The topological polar surface area (TPSA) is 78.9 Å². The highest BCUT2D eigenvalue weighted by atomic mass is 31.2.